The number of methoxy groups -OCH3 is 2. The van der Waals surface area contributed by atoms with Crippen molar-refractivity contribution in [2.24, 2.45) is 4.99 Å². The highest BCUT2D eigenvalue weighted by Gasteiger charge is 2.44. The fourth-order valence-corrected chi connectivity index (χ4v) is 7.30. The molecule has 2 heterocycles. The molecule has 0 spiro atoms. The van der Waals surface area contributed by atoms with Crippen LogP contribution in [0.3, 0.4) is 0 Å². The number of carbonyl (C=O) groups excluding carboxylic acids is 1. The summed E-state index contributed by atoms with van der Waals surface area (Å²) in [6.07, 6.45) is 0. The molecule has 0 saturated carbocycles. The van der Waals surface area contributed by atoms with Crippen molar-refractivity contribution in [2.75, 3.05) is 42.5 Å². The molecule has 0 radical (unpaired) electrons. The fourth-order valence-electron chi connectivity index (χ4n) is 3.52. The van der Waals surface area contributed by atoms with Gasteiger partial charge in [0.25, 0.3) is 0 Å². The van der Waals surface area contributed by atoms with Gasteiger partial charge in [0.2, 0.25) is 5.91 Å². The third-order valence-corrected chi connectivity index (χ3v) is 8.34. The van der Waals surface area contributed by atoms with Gasteiger partial charge in [0.15, 0.2) is 15.0 Å². The molecule has 2 atom stereocenters. The molecule has 2 aliphatic rings. The van der Waals surface area contributed by atoms with E-state index < -0.39 is 9.84 Å². The Morgan fingerprint density at radius 2 is 1.68 bits per heavy atom. The van der Waals surface area contributed by atoms with Crippen LogP contribution in [0.25, 0.3) is 0 Å². The molecule has 10 heteroatoms. The molecule has 8 nitrogen and oxygen atoms in total. The summed E-state index contributed by atoms with van der Waals surface area (Å²) in [7, 11) is 0.125. The standard InChI is InChI=1S/C21H23N3O5S2/c1-28-16-7-3-14(4-8-16)22-20(25)11-24(15-5-9-17(29-2)10-6-15)21-23-18-12-31(26,27)13-19(18)30-21/h3-10,18-19H,11-13H2,1-2H3,(H,22,25)/t18-,19-/m0/s1. The van der Waals surface area contributed by atoms with Crippen molar-refractivity contribution in [3.05, 3.63) is 48.5 Å². The van der Waals surface area contributed by atoms with E-state index in [4.69, 9.17) is 9.47 Å². The quantitative estimate of drug-likeness (QED) is 0.706. The Bertz CT molecular complexity index is 1090. The molecule has 4 rings (SSSR count). The second-order valence-electron chi connectivity index (χ2n) is 7.27. The number of benzene rings is 2. The van der Waals surface area contributed by atoms with Crippen molar-refractivity contribution in [3.63, 3.8) is 0 Å². The van der Waals surface area contributed by atoms with Gasteiger partial charge in [0.1, 0.15) is 18.0 Å². The highest BCUT2D eigenvalue weighted by Crippen LogP contribution is 2.37. The zero-order valence-corrected chi connectivity index (χ0v) is 18.8. The van der Waals surface area contributed by atoms with Crippen LogP contribution in [0.15, 0.2) is 53.5 Å². The second kappa shape index (κ2) is 8.80. The Hall–Kier alpha value is -2.72. The van der Waals surface area contributed by atoms with E-state index in [1.807, 2.05) is 29.2 Å². The summed E-state index contributed by atoms with van der Waals surface area (Å²) in [5, 5.41) is 3.43. The van der Waals surface area contributed by atoms with E-state index in [9.17, 15) is 13.2 Å². The van der Waals surface area contributed by atoms with E-state index >= 15 is 0 Å². The number of rotatable bonds is 6. The topological polar surface area (TPSA) is 97.3 Å². The van der Waals surface area contributed by atoms with Crippen molar-refractivity contribution in [3.8, 4) is 11.5 Å². The molecule has 1 fully saturated rings. The molecule has 0 unspecified atom stereocenters. The van der Waals surface area contributed by atoms with Crippen LogP contribution in [0.5, 0.6) is 11.5 Å². The smallest absolute Gasteiger partial charge is 0.244 e. The van der Waals surface area contributed by atoms with Crippen molar-refractivity contribution in [1.82, 2.24) is 0 Å². The molecule has 0 bridgehead atoms. The van der Waals surface area contributed by atoms with Crippen LogP contribution < -0.4 is 19.7 Å². The number of anilines is 2. The Kier molecular flexibility index (Phi) is 6.10. The predicted molar refractivity (Wildman–Crippen MR) is 123 cm³/mol. The number of sulfone groups is 1. The first-order valence-electron chi connectivity index (χ1n) is 9.67. The third kappa shape index (κ3) is 4.96. The number of amidine groups is 1. The Morgan fingerprint density at radius 3 is 2.26 bits per heavy atom. The molecule has 0 aliphatic carbocycles. The first-order chi connectivity index (χ1) is 14.9. The number of thioether (sulfide) groups is 1. The number of nitrogens with zero attached hydrogens (tertiary/aromatic N) is 2. The normalized spacial score (nSPS) is 21.2. The summed E-state index contributed by atoms with van der Waals surface area (Å²) in [6.45, 7) is 0.0381. The SMILES string of the molecule is COc1ccc(NC(=O)CN(C2=N[C@H]3CS(=O)(=O)C[C@@H]3S2)c2ccc(OC)cc2)cc1. The second-order valence-corrected chi connectivity index (χ2v) is 10.6. The van der Waals surface area contributed by atoms with Gasteiger partial charge in [-0.1, -0.05) is 11.8 Å². The Balaban J connectivity index is 1.54. The summed E-state index contributed by atoms with van der Waals surface area (Å²) in [5.74, 6) is 1.37. The molecule has 31 heavy (non-hydrogen) atoms. The predicted octanol–water partition coefficient (Wildman–Crippen LogP) is 2.42. The largest absolute Gasteiger partial charge is 0.497 e. The fraction of sp³-hybridized carbons (Fsp3) is 0.333. The van der Waals surface area contributed by atoms with Gasteiger partial charge in [-0.25, -0.2) is 8.42 Å². The lowest BCUT2D eigenvalue weighted by Gasteiger charge is -2.24. The number of carbonyl (C=O) groups is 1. The van der Waals surface area contributed by atoms with Crippen LogP contribution in [0.4, 0.5) is 11.4 Å². The third-order valence-electron chi connectivity index (χ3n) is 5.10. The maximum absolute atomic E-state index is 12.8. The number of nitrogens with one attached hydrogen (secondary N) is 1. The lowest BCUT2D eigenvalue weighted by molar-refractivity contribution is -0.114. The molecule has 1 N–H and O–H groups in total. The number of aliphatic imine (C=N–C) groups is 1. The van der Waals surface area contributed by atoms with Gasteiger partial charge < -0.3 is 19.7 Å². The first kappa shape index (κ1) is 21.5. The summed E-state index contributed by atoms with van der Waals surface area (Å²) >= 11 is 1.42. The van der Waals surface area contributed by atoms with E-state index in [0.717, 1.165) is 5.69 Å². The first-order valence-corrected chi connectivity index (χ1v) is 12.4. The Labute approximate surface area is 185 Å². The number of hydrogen-bond donors (Lipinski definition) is 1. The minimum Gasteiger partial charge on any atom is -0.497 e. The molecule has 1 saturated heterocycles. The summed E-state index contributed by atoms with van der Waals surface area (Å²) in [5.41, 5.74) is 1.43. The van der Waals surface area contributed by atoms with Gasteiger partial charge in [-0.15, -0.1) is 0 Å². The van der Waals surface area contributed by atoms with Gasteiger partial charge in [-0.3, -0.25) is 9.79 Å². The average Bonchev–Trinajstić information content (AvgIpc) is 3.26. The van der Waals surface area contributed by atoms with Gasteiger partial charge in [0.05, 0.1) is 31.8 Å². The van der Waals surface area contributed by atoms with Crippen LogP contribution in [-0.4, -0.2) is 63.1 Å². The lowest BCUT2D eigenvalue weighted by Crippen LogP contribution is -2.36. The molecule has 2 aromatic carbocycles. The van der Waals surface area contributed by atoms with E-state index in [2.05, 4.69) is 10.3 Å². The maximum Gasteiger partial charge on any atom is 0.244 e. The molecule has 164 valence electrons. The zero-order valence-electron chi connectivity index (χ0n) is 17.1. The molecule has 1 amide bonds. The van der Waals surface area contributed by atoms with Gasteiger partial charge in [0, 0.05) is 16.6 Å². The maximum atomic E-state index is 12.8. The molecule has 2 aromatic rings. The number of ether oxygens (including phenoxy) is 2. The van der Waals surface area contributed by atoms with Crippen LogP contribution >= 0.6 is 11.8 Å². The van der Waals surface area contributed by atoms with Crippen LogP contribution in [0.2, 0.25) is 0 Å². The average molecular weight is 462 g/mol. The molecule has 0 aromatic heterocycles. The molecule has 2 aliphatic heterocycles. The van der Waals surface area contributed by atoms with Gasteiger partial charge in [-0.05, 0) is 48.5 Å². The monoisotopic (exact) mass is 461 g/mol. The number of fused-ring (bicyclic) bond motifs is 1. The van der Waals surface area contributed by atoms with Gasteiger partial charge in [-0.2, -0.15) is 0 Å². The number of amides is 1. The summed E-state index contributed by atoms with van der Waals surface area (Å²) in [4.78, 5) is 19.3. The van der Waals surface area contributed by atoms with E-state index in [-0.39, 0.29) is 35.2 Å². The minimum atomic E-state index is -3.05. The van der Waals surface area contributed by atoms with Gasteiger partial charge >= 0.3 is 0 Å². The van der Waals surface area contributed by atoms with E-state index in [1.165, 1.54) is 11.8 Å². The van der Waals surface area contributed by atoms with Crippen molar-refractivity contribution < 1.29 is 22.7 Å². The zero-order chi connectivity index (χ0) is 22.0. The minimum absolute atomic E-state index is 0.0381. The number of hydrogen-bond acceptors (Lipinski definition) is 8. The Morgan fingerprint density at radius 1 is 1.06 bits per heavy atom. The van der Waals surface area contributed by atoms with Crippen LogP contribution in [0, 0.1) is 0 Å². The highest BCUT2D eigenvalue weighted by molar-refractivity contribution is 8.15. The van der Waals surface area contributed by atoms with Crippen LogP contribution in [-0.2, 0) is 14.6 Å². The molecular formula is C21H23N3O5S2. The summed E-state index contributed by atoms with van der Waals surface area (Å²) in [6, 6.07) is 14.2. The van der Waals surface area contributed by atoms with Crippen molar-refractivity contribution in [1.29, 1.82) is 0 Å². The van der Waals surface area contributed by atoms with E-state index in [1.54, 1.807) is 38.5 Å². The van der Waals surface area contributed by atoms with Crippen LogP contribution in [0.1, 0.15) is 0 Å². The molecular weight excluding hydrogens is 438 g/mol. The van der Waals surface area contributed by atoms with E-state index in [0.29, 0.717) is 22.4 Å². The lowest BCUT2D eigenvalue weighted by atomic mass is 10.2. The summed E-state index contributed by atoms with van der Waals surface area (Å²) < 4.78 is 34.2. The highest BCUT2D eigenvalue weighted by atomic mass is 32.2. The van der Waals surface area contributed by atoms with Crippen molar-refractivity contribution in [2.45, 2.75) is 11.3 Å². The van der Waals surface area contributed by atoms with Crippen molar-refractivity contribution >= 4 is 44.0 Å².